The van der Waals surface area contributed by atoms with E-state index in [0.29, 0.717) is 10.1 Å². The molecule has 1 amide bonds. The molecule has 0 bridgehead atoms. The van der Waals surface area contributed by atoms with Crippen LogP contribution in [0.2, 0.25) is 5.02 Å². The van der Waals surface area contributed by atoms with Crippen molar-refractivity contribution in [2.45, 2.75) is 20.3 Å². The number of carbonyl (C=O) groups is 1. The summed E-state index contributed by atoms with van der Waals surface area (Å²) in [6, 6.07) is 13.1. The van der Waals surface area contributed by atoms with E-state index in [1.165, 1.54) is 0 Å². The molecule has 0 aliphatic rings. The molecule has 0 aliphatic carbocycles. The van der Waals surface area contributed by atoms with Gasteiger partial charge in [-0.2, -0.15) is 0 Å². The number of benzene rings is 2. The normalized spacial score (nSPS) is 10.1. The lowest BCUT2D eigenvalue weighted by atomic mass is 10.1. The quantitative estimate of drug-likeness (QED) is 0.834. The molecule has 0 aliphatic heterocycles. The summed E-state index contributed by atoms with van der Waals surface area (Å²) >= 11 is 11.0. The first-order chi connectivity index (χ1) is 10.5. The summed E-state index contributed by atoms with van der Waals surface area (Å²) in [7, 11) is 0. The SMILES string of the molecule is Cc1cccc(C)c1NC(=S)NC(=O)Cc1ccc(Cl)cc1. The predicted octanol–water partition coefficient (Wildman–Crippen LogP) is 4.01. The number of carbonyl (C=O) groups excluding carboxylic acids is 1. The molecule has 0 fully saturated rings. The van der Waals surface area contributed by atoms with Gasteiger partial charge in [-0.1, -0.05) is 41.9 Å². The predicted molar refractivity (Wildman–Crippen MR) is 95.4 cm³/mol. The van der Waals surface area contributed by atoms with Gasteiger partial charge < -0.3 is 10.6 Å². The van der Waals surface area contributed by atoms with E-state index < -0.39 is 0 Å². The molecular formula is C17H17ClN2OS. The fraction of sp³-hybridized carbons (Fsp3) is 0.176. The number of thiocarbonyl (C=S) groups is 1. The van der Waals surface area contributed by atoms with Crippen LogP contribution >= 0.6 is 23.8 Å². The van der Waals surface area contributed by atoms with Crippen LogP contribution in [0.4, 0.5) is 5.69 Å². The van der Waals surface area contributed by atoms with Gasteiger partial charge in [-0.15, -0.1) is 0 Å². The third-order valence-electron chi connectivity index (χ3n) is 3.25. The molecule has 0 unspecified atom stereocenters. The highest BCUT2D eigenvalue weighted by Gasteiger charge is 2.08. The Hall–Kier alpha value is -1.91. The van der Waals surface area contributed by atoms with Crippen molar-refractivity contribution in [3.05, 3.63) is 64.2 Å². The minimum Gasteiger partial charge on any atom is -0.332 e. The number of aryl methyl sites for hydroxylation is 2. The molecule has 0 atom stereocenters. The number of amides is 1. The maximum Gasteiger partial charge on any atom is 0.230 e. The Kier molecular flexibility index (Phi) is 5.52. The maximum atomic E-state index is 12.0. The van der Waals surface area contributed by atoms with Gasteiger partial charge in [0.25, 0.3) is 0 Å². The number of rotatable bonds is 3. The van der Waals surface area contributed by atoms with Gasteiger partial charge in [-0.3, -0.25) is 4.79 Å². The molecule has 0 saturated carbocycles. The van der Waals surface area contributed by atoms with Crippen molar-refractivity contribution in [3.63, 3.8) is 0 Å². The van der Waals surface area contributed by atoms with E-state index in [2.05, 4.69) is 10.6 Å². The fourth-order valence-corrected chi connectivity index (χ4v) is 2.46. The number of hydrogen-bond donors (Lipinski definition) is 2. The van der Waals surface area contributed by atoms with Gasteiger partial charge in [0.1, 0.15) is 0 Å². The van der Waals surface area contributed by atoms with Gasteiger partial charge in [0, 0.05) is 10.7 Å². The molecule has 0 aromatic heterocycles. The molecule has 0 radical (unpaired) electrons. The number of halogens is 1. The van der Waals surface area contributed by atoms with Crippen molar-refractivity contribution >= 4 is 40.5 Å². The Morgan fingerprint density at radius 2 is 1.68 bits per heavy atom. The third-order valence-corrected chi connectivity index (χ3v) is 3.71. The first-order valence-corrected chi connectivity index (χ1v) is 7.66. The monoisotopic (exact) mass is 332 g/mol. The fourth-order valence-electron chi connectivity index (χ4n) is 2.11. The molecular weight excluding hydrogens is 316 g/mol. The zero-order valence-electron chi connectivity index (χ0n) is 12.4. The first kappa shape index (κ1) is 16.5. The standard InChI is InChI=1S/C17H17ClN2OS/c1-11-4-3-5-12(2)16(11)20-17(22)19-15(21)10-13-6-8-14(18)9-7-13/h3-9H,10H2,1-2H3,(H2,19,20,21,22). The lowest BCUT2D eigenvalue weighted by Crippen LogP contribution is -2.35. The van der Waals surface area contributed by atoms with Crippen LogP contribution in [0.3, 0.4) is 0 Å². The Morgan fingerprint density at radius 3 is 2.27 bits per heavy atom. The summed E-state index contributed by atoms with van der Waals surface area (Å²) in [5, 5.41) is 6.73. The second-order valence-electron chi connectivity index (χ2n) is 5.07. The molecule has 3 nitrogen and oxygen atoms in total. The molecule has 2 aromatic rings. The Morgan fingerprint density at radius 1 is 1.09 bits per heavy atom. The number of para-hydroxylation sites is 1. The lowest BCUT2D eigenvalue weighted by Gasteiger charge is -2.14. The van der Waals surface area contributed by atoms with Gasteiger partial charge >= 0.3 is 0 Å². The Bertz CT molecular complexity index is 678. The van der Waals surface area contributed by atoms with Crippen LogP contribution in [-0.4, -0.2) is 11.0 Å². The number of nitrogens with one attached hydrogen (secondary N) is 2. The van der Waals surface area contributed by atoms with E-state index in [9.17, 15) is 4.79 Å². The van der Waals surface area contributed by atoms with E-state index in [1.54, 1.807) is 12.1 Å². The molecule has 0 spiro atoms. The average Bonchev–Trinajstić information content (AvgIpc) is 2.45. The lowest BCUT2D eigenvalue weighted by molar-refractivity contribution is -0.119. The highest BCUT2D eigenvalue weighted by molar-refractivity contribution is 7.80. The minimum atomic E-state index is -0.161. The van der Waals surface area contributed by atoms with E-state index in [0.717, 1.165) is 22.4 Å². The van der Waals surface area contributed by atoms with Crippen LogP contribution in [0.25, 0.3) is 0 Å². The summed E-state index contributed by atoms with van der Waals surface area (Å²) in [4.78, 5) is 12.0. The van der Waals surface area contributed by atoms with Crippen molar-refractivity contribution in [3.8, 4) is 0 Å². The summed E-state index contributed by atoms with van der Waals surface area (Å²) in [5.41, 5.74) is 3.97. The van der Waals surface area contributed by atoms with Crippen LogP contribution in [0.5, 0.6) is 0 Å². The summed E-state index contributed by atoms with van der Waals surface area (Å²) in [5.74, 6) is -0.161. The summed E-state index contributed by atoms with van der Waals surface area (Å²) in [6.07, 6.45) is 0.256. The van der Waals surface area contributed by atoms with Crippen LogP contribution in [0.1, 0.15) is 16.7 Å². The molecule has 22 heavy (non-hydrogen) atoms. The van der Waals surface area contributed by atoms with Crippen molar-refractivity contribution in [2.75, 3.05) is 5.32 Å². The summed E-state index contributed by atoms with van der Waals surface area (Å²) < 4.78 is 0. The maximum absolute atomic E-state index is 12.0. The second-order valence-corrected chi connectivity index (χ2v) is 5.92. The van der Waals surface area contributed by atoms with Crippen molar-refractivity contribution in [2.24, 2.45) is 0 Å². The largest absolute Gasteiger partial charge is 0.332 e. The topological polar surface area (TPSA) is 41.1 Å². The van der Waals surface area contributed by atoms with Crippen molar-refractivity contribution in [1.82, 2.24) is 5.32 Å². The van der Waals surface area contributed by atoms with Gasteiger partial charge in [0.05, 0.1) is 6.42 Å². The second kappa shape index (κ2) is 7.38. The molecule has 5 heteroatoms. The van der Waals surface area contributed by atoms with Crippen LogP contribution in [0.15, 0.2) is 42.5 Å². The smallest absolute Gasteiger partial charge is 0.230 e. The molecule has 2 rings (SSSR count). The Labute approximate surface area is 140 Å². The molecule has 114 valence electrons. The van der Waals surface area contributed by atoms with Gasteiger partial charge in [0.2, 0.25) is 5.91 Å². The van der Waals surface area contributed by atoms with Crippen LogP contribution in [-0.2, 0) is 11.2 Å². The highest BCUT2D eigenvalue weighted by atomic mass is 35.5. The van der Waals surface area contributed by atoms with Gasteiger partial charge in [0.15, 0.2) is 5.11 Å². The third kappa shape index (κ3) is 4.55. The van der Waals surface area contributed by atoms with E-state index in [-0.39, 0.29) is 12.3 Å². The molecule has 0 heterocycles. The van der Waals surface area contributed by atoms with Crippen molar-refractivity contribution < 1.29 is 4.79 Å². The average molecular weight is 333 g/mol. The van der Waals surface area contributed by atoms with Crippen LogP contribution in [0, 0.1) is 13.8 Å². The number of hydrogen-bond acceptors (Lipinski definition) is 2. The zero-order chi connectivity index (χ0) is 16.1. The van der Waals surface area contributed by atoms with Crippen LogP contribution < -0.4 is 10.6 Å². The molecule has 2 N–H and O–H groups in total. The van der Waals surface area contributed by atoms with E-state index in [4.69, 9.17) is 23.8 Å². The van der Waals surface area contributed by atoms with Gasteiger partial charge in [-0.05, 0) is 54.9 Å². The van der Waals surface area contributed by atoms with Gasteiger partial charge in [-0.25, -0.2) is 0 Å². The number of anilines is 1. The highest BCUT2D eigenvalue weighted by Crippen LogP contribution is 2.19. The minimum absolute atomic E-state index is 0.161. The van der Waals surface area contributed by atoms with E-state index in [1.807, 2.05) is 44.2 Å². The zero-order valence-corrected chi connectivity index (χ0v) is 14.0. The molecule has 2 aromatic carbocycles. The Balaban J connectivity index is 1.94. The molecule has 0 saturated heterocycles. The van der Waals surface area contributed by atoms with E-state index >= 15 is 0 Å². The van der Waals surface area contributed by atoms with Crippen molar-refractivity contribution in [1.29, 1.82) is 0 Å². The summed E-state index contributed by atoms with van der Waals surface area (Å²) in [6.45, 7) is 3.99. The first-order valence-electron chi connectivity index (χ1n) is 6.87.